The lowest BCUT2D eigenvalue weighted by molar-refractivity contribution is 0.0600. The van der Waals surface area contributed by atoms with Gasteiger partial charge in [-0.05, 0) is 42.1 Å². The van der Waals surface area contributed by atoms with Gasteiger partial charge in [-0.3, -0.25) is 4.79 Å². The number of carbonyl (C=O) groups is 2. The second-order valence-corrected chi connectivity index (χ2v) is 11.2. The highest BCUT2D eigenvalue weighted by molar-refractivity contribution is 7.91. The number of rotatable bonds is 4. The van der Waals surface area contributed by atoms with Crippen LogP contribution in [0.25, 0.3) is 10.1 Å². The SMILES string of the molecule is COC(=O)c1csc(S(=O)(=O)N2CCN(C(=O)c3sc4ccc(F)cc4c3C)CC2)c1. The first kappa shape index (κ1) is 21.9. The summed E-state index contributed by atoms with van der Waals surface area (Å²) < 4.78 is 46.2. The molecule has 0 spiro atoms. The van der Waals surface area contributed by atoms with Crippen LogP contribution < -0.4 is 0 Å². The van der Waals surface area contributed by atoms with Crippen molar-refractivity contribution in [2.75, 3.05) is 33.3 Å². The van der Waals surface area contributed by atoms with Crippen LogP contribution in [0, 0.1) is 12.7 Å². The van der Waals surface area contributed by atoms with Crippen LogP contribution in [0.1, 0.15) is 25.6 Å². The predicted molar refractivity (Wildman–Crippen MR) is 117 cm³/mol. The predicted octanol–water partition coefficient (Wildman–Crippen LogP) is 3.34. The van der Waals surface area contributed by atoms with Crippen LogP contribution in [0.15, 0.2) is 33.9 Å². The Morgan fingerprint density at radius 1 is 1.13 bits per heavy atom. The molecular weight excluding hydrogens is 463 g/mol. The van der Waals surface area contributed by atoms with Crippen molar-refractivity contribution in [2.45, 2.75) is 11.1 Å². The van der Waals surface area contributed by atoms with Crippen LogP contribution >= 0.6 is 22.7 Å². The van der Waals surface area contributed by atoms with E-state index < -0.39 is 16.0 Å². The van der Waals surface area contributed by atoms with Gasteiger partial charge in [-0.1, -0.05) is 0 Å². The molecule has 0 atom stereocenters. The van der Waals surface area contributed by atoms with E-state index in [9.17, 15) is 22.4 Å². The van der Waals surface area contributed by atoms with E-state index in [4.69, 9.17) is 0 Å². The van der Waals surface area contributed by atoms with Gasteiger partial charge in [0.25, 0.3) is 15.9 Å². The smallest absolute Gasteiger partial charge is 0.338 e. The standard InChI is InChI=1S/C20H19FN2O5S3/c1-12-15-10-14(21)3-4-16(15)30-18(12)19(24)22-5-7-23(8-6-22)31(26,27)17-9-13(11-29-17)20(25)28-2/h3-4,9-11H,5-8H2,1-2H3. The van der Waals surface area contributed by atoms with E-state index in [2.05, 4.69) is 4.74 Å². The van der Waals surface area contributed by atoms with E-state index in [0.29, 0.717) is 10.3 Å². The molecule has 1 amide bonds. The number of piperazine rings is 1. The summed E-state index contributed by atoms with van der Waals surface area (Å²) in [5.74, 6) is -1.12. The molecule has 2 aromatic heterocycles. The van der Waals surface area contributed by atoms with Crippen molar-refractivity contribution in [3.05, 3.63) is 51.5 Å². The van der Waals surface area contributed by atoms with Crippen LogP contribution in [0.4, 0.5) is 4.39 Å². The number of amides is 1. The van der Waals surface area contributed by atoms with Gasteiger partial charge in [0.1, 0.15) is 10.0 Å². The molecule has 3 aromatic rings. The van der Waals surface area contributed by atoms with E-state index in [-0.39, 0.29) is 47.7 Å². The third kappa shape index (κ3) is 3.98. The van der Waals surface area contributed by atoms with Gasteiger partial charge in [-0.25, -0.2) is 17.6 Å². The Morgan fingerprint density at radius 2 is 1.84 bits per heavy atom. The van der Waals surface area contributed by atoms with Crippen molar-refractivity contribution in [2.24, 2.45) is 0 Å². The van der Waals surface area contributed by atoms with Crippen LogP contribution in [0.5, 0.6) is 0 Å². The number of aryl methyl sites for hydroxylation is 1. The zero-order valence-corrected chi connectivity index (χ0v) is 19.2. The van der Waals surface area contributed by atoms with Crippen molar-refractivity contribution in [3.63, 3.8) is 0 Å². The molecule has 0 unspecified atom stereocenters. The molecule has 11 heteroatoms. The summed E-state index contributed by atoms with van der Waals surface area (Å²) in [6, 6.07) is 5.76. The summed E-state index contributed by atoms with van der Waals surface area (Å²) >= 11 is 2.28. The Morgan fingerprint density at radius 3 is 2.52 bits per heavy atom. The molecule has 1 aliphatic heterocycles. The molecule has 1 aliphatic rings. The van der Waals surface area contributed by atoms with E-state index >= 15 is 0 Å². The normalized spacial score (nSPS) is 15.4. The minimum atomic E-state index is -3.76. The molecule has 0 radical (unpaired) electrons. The minimum Gasteiger partial charge on any atom is -0.465 e. The Balaban J connectivity index is 1.48. The van der Waals surface area contributed by atoms with Crippen LogP contribution in [0.3, 0.4) is 0 Å². The lowest BCUT2D eigenvalue weighted by atomic mass is 10.1. The number of ether oxygens (including phenoxy) is 1. The number of benzene rings is 1. The van der Waals surface area contributed by atoms with E-state index in [1.807, 2.05) is 0 Å². The summed E-state index contributed by atoms with van der Waals surface area (Å²) in [5.41, 5.74) is 0.921. The van der Waals surface area contributed by atoms with Crippen molar-refractivity contribution in [3.8, 4) is 0 Å². The summed E-state index contributed by atoms with van der Waals surface area (Å²) in [6.45, 7) is 2.59. The Kier molecular flexibility index (Phi) is 5.86. The van der Waals surface area contributed by atoms with Gasteiger partial charge >= 0.3 is 5.97 Å². The molecule has 0 bridgehead atoms. The number of nitrogens with zero attached hydrogens (tertiary/aromatic N) is 2. The van der Waals surface area contributed by atoms with Gasteiger partial charge in [0.15, 0.2) is 0 Å². The number of esters is 1. The molecule has 1 saturated heterocycles. The summed E-state index contributed by atoms with van der Waals surface area (Å²) in [4.78, 5) is 26.8. The Labute approximate surface area is 186 Å². The van der Waals surface area contributed by atoms with Gasteiger partial charge in [-0.15, -0.1) is 22.7 Å². The first-order chi connectivity index (χ1) is 14.7. The number of hydrogen-bond acceptors (Lipinski definition) is 7. The average Bonchev–Trinajstić information content (AvgIpc) is 3.39. The highest BCUT2D eigenvalue weighted by Gasteiger charge is 2.32. The second kappa shape index (κ2) is 8.30. The van der Waals surface area contributed by atoms with Crippen molar-refractivity contribution < 1.29 is 27.1 Å². The lowest BCUT2D eigenvalue weighted by Crippen LogP contribution is -2.50. The lowest BCUT2D eigenvalue weighted by Gasteiger charge is -2.33. The number of fused-ring (bicyclic) bond motifs is 1. The third-order valence-corrected chi connectivity index (χ3v) is 9.78. The summed E-state index contributed by atoms with van der Waals surface area (Å²) in [6.07, 6.45) is 0. The van der Waals surface area contributed by atoms with Crippen LogP contribution in [-0.2, 0) is 14.8 Å². The van der Waals surface area contributed by atoms with Gasteiger partial charge in [0, 0.05) is 36.3 Å². The molecule has 7 nitrogen and oxygen atoms in total. The molecule has 31 heavy (non-hydrogen) atoms. The molecule has 0 aliphatic carbocycles. The Bertz CT molecular complexity index is 1270. The summed E-state index contributed by atoms with van der Waals surface area (Å²) in [5, 5.41) is 2.17. The zero-order valence-electron chi connectivity index (χ0n) is 16.8. The fraction of sp³-hybridized carbons (Fsp3) is 0.300. The van der Waals surface area contributed by atoms with Gasteiger partial charge in [-0.2, -0.15) is 4.31 Å². The van der Waals surface area contributed by atoms with Crippen molar-refractivity contribution in [1.82, 2.24) is 9.21 Å². The van der Waals surface area contributed by atoms with Crippen LogP contribution in [0.2, 0.25) is 0 Å². The molecule has 0 saturated carbocycles. The molecule has 4 rings (SSSR count). The number of halogens is 1. The Hall–Kier alpha value is -2.34. The van der Waals surface area contributed by atoms with E-state index in [1.54, 1.807) is 17.9 Å². The number of thiophene rings is 2. The summed E-state index contributed by atoms with van der Waals surface area (Å²) in [7, 11) is -2.53. The van der Waals surface area contributed by atoms with Gasteiger partial charge in [0.05, 0.1) is 17.6 Å². The molecule has 3 heterocycles. The first-order valence-corrected chi connectivity index (χ1v) is 12.5. The molecule has 164 valence electrons. The fourth-order valence-corrected chi connectivity index (χ4v) is 7.36. The zero-order chi connectivity index (χ0) is 22.3. The molecule has 1 fully saturated rings. The minimum absolute atomic E-state index is 0.0649. The monoisotopic (exact) mass is 482 g/mol. The van der Waals surface area contributed by atoms with Gasteiger partial charge < -0.3 is 9.64 Å². The highest BCUT2D eigenvalue weighted by atomic mass is 32.2. The quantitative estimate of drug-likeness (QED) is 0.533. The maximum absolute atomic E-state index is 13.6. The van der Waals surface area contributed by atoms with Crippen LogP contribution in [-0.4, -0.2) is 62.8 Å². The van der Waals surface area contributed by atoms with E-state index in [0.717, 1.165) is 21.6 Å². The highest BCUT2D eigenvalue weighted by Crippen LogP contribution is 2.33. The molecule has 1 aromatic carbocycles. The van der Waals surface area contributed by atoms with E-state index in [1.165, 1.54) is 46.3 Å². The number of sulfonamides is 1. The average molecular weight is 483 g/mol. The first-order valence-electron chi connectivity index (χ1n) is 9.37. The maximum atomic E-state index is 13.6. The van der Waals surface area contributed by atoms with Crippen molar-refractivity contribution >= 4 is 54.7 Å². The number of methoxy groups -OCH3 is 1. The second-order valence-electron chi connectivity index (χ2n) is 7.04. The largest absolute Gasteiger partial charge is 0.465 e. The van der Waals surface area contributed by atoms with Crippen molar-refractivity contribution in [1.29, 1.82) is 0 Å². The maximum Gasteiger partial charge on any atom is 0.338 e. The fourth-order valence-electron chi connectivity index (χ4n) is 3.48. The van der Waals surface area contributed by atoms with Gasteiger partial charge in [0.2, 0.25) is 0 Å². The number of hydrogen-bond donors (Lipinski definition) is 0. The number of carbonyl (C=O) groups excluding carboxylic acids is 2. The molecular formula is C20H19FN2O5S3. The molecule has 0 N–H and O–H groups in total. The topological polar surface area (TPSA) is 84.0 Å². The third-order valence-electron chi connectivity index (χ3n) is 5.21.